The fourth-order valence-electron chi connectivity index (χ4n) is 0.975. The molecule has 0 aliphatic rings. The molecular weight excluding hydrogens is 195 g/mol. The quantitative estimate of drug-likeness (QED) is 0.720. The molecule has 0 saturated carbocycles. The van der Waals surface area contributed by atoms with Crippen molar-refractivity contribution in [1.29, 1.82) is 0 Å². The number of benzene rings is 1. The maximum absolute atomic E-state index is 12.4. The Morgan fingerprint density at radius 3 is 2.47 bits per heavy atom. The molecule has 0 bridgehead atoms. The molecule has 0 N–H and O–H groups in total. The molecule has 3 heteroatoms. The summed E-state index contributed by atoms with van der Waals surface area (Å²) in [5.74, 6) is -0.303. The monoisotopic (exact) mass is 212 g/mol. The highest BCUT2D eigenvalue weighted by molar-refractivity contribution is 5.76. The lowest BCUT2D eigenvalue weighted by Crippen LogP contribution is -1.86. The van der Waals surface area contributed by atoms with E-state index in [0.717, 1.165) is 19.3 Å². The third-order valence-corrected chi connectivity index (χ3v) is 1.77. The molecular formula is C12H17FO2. The van der Waals surface area contributed by atoms with Crippen LogP contribution in [0.15, 0.2) is 18.2 Å². The summed E-state index contributed by atoms with van der Waals surface area (Å²) in [6, 6.07) is 4.08. The van der Waals surface area contributed by atoms with E-state index in [1.165, 1.54) is 18.2 Å². The molecule has 0 atom stereocenters. The second-order valence-corrected chi connectivity index (χ2v) is 3.11. The maximum atomic E-state index is 12.4. The smallest absolute Gasteiger partial charge is 0.150 e. The van der Waals surface area contributed by atoms with Gasteiger partial charge in [0.15, 0.2) is 0 Å². The Morgan fingerprint density at radius 2 is 2.13 bits per heavy atom. The van der Waals surface area contributed by atoms with E-state index in [9.17, 15) is 9.18 Å². The minimum Gasteiger partial charge on any atom is -0.385 e. The van der Waals surface area contributed by atoms with E-state index in [1.54, 1.807) is 14.0 Å². The van der Waals surface area contributed by atoms with Crippen molar-refractivity contribution >= 4 is 6.29 Å². The van der Waals surface area contributed by atoms with E-state index >= 15 is 0 Å². The molecule has 0 unspecified atom stereocenters. The molecule has 84 valence electrons. The van der Waals surface area contributed by atoms with Gasteiger partial charge in [0.25, 0.3) is 0 Å². The van der Waals surface area contributed by atoms with Crippen LogP contribution in [0.3, 0.4) is 0 Å². The minimum absolute atomic E-state index is 0.303. The predicted molar refractivity (Wildman–Crippen MR) is 58.7 cm³/mol. The Bertz CT molecular complexity index is 296. The van der Waals surface area contributed by atoms with Crippen LogP contribution >= 0.6 is 0 Å². The average Bonchev–Trinajstić information content (AvgIpc) is 2.20. The van der Waals surface area contributed by atoms with Crippen molar-refractivity contribution in [3.8, 4) is 0 Å². The summed E-state index contributed by atoms with van der Waals surface area (Å²) in [6.07, 6.45) is 1.84. The molecule has 1 aromatic carbocycles. The zero-order valence-corrected chi connectivity index (χ0v) is 9.42. The topological polar surface area (TPSA) is 26.3 Å². The molecule has 1 aromatic rings. The molecule has 0 amide bonds. The summed E-state index contributed by atoms with van der Waals surface area (Å²) in [5.41, 5.74) is 1.22. The Balaban J connectivity index is 0.000000336. The maximum Gasteiger partial charge on any atom is 0.150 e. The second kappa shape index (κ2) is 8.12. The van der Waals surface area contributed by atoms with E-state index < -0.39 is 0 Å². The first kappa shape index (κ1) is 13.8. The van der Waals surface area contributed by atoms with Gasteiger partial charge in [-0.05, 0) is 37.1 Å². The first-order valence-corrected chi connectivity index (χ1v) is 4.86. The van der Waals surface area contributed by atoms with Crippen molar-refractivity contribution in [3.05, 3.63) is 35.1 Å². The van der Waals surface area contributed by atoms with Gasteiger partial charge in [-0.1, -0.05) is 6.92 Å². The summed E-state index contributed by atoms with van der Waals surface area (Å²) in [5, 5.41) is 0. The van der Waals surface area contributed by atoms with Gasteiger partial charge in [0.2, 0.25) is 0 Å². The number of carbonyl (C=O) groups is 1. The van der Waals surface area contributed by atoms with E-state index in [1.807, 2.05) is 0 Å². The number of methoxy groups -OCH3 is 1. The van der Waals surface area contributed by atoms with Gasteiger partial charge < -0.3 is 4.74 Å². The van der Waals surface area contributed by atoms with Crippen molar-refractivity contribution in [2.45, 2.75) is 20.3 Å². The molecule has 0 radical (unpaired) electrons. The molecule has 0 aliphatic carbocycles. The van der Waals surface area contributed by atoms with Gasteiger partial charge in [0.1, 0.15) is 12.1 Å². The van der Waals surface area contributed by atoms with E-state index in [0.29, 0.717) is 11.1 Å². The standard InChI is InChI=1S/C8H7FO.C4H10O/c1-6-4-8(9)3-2-7(6)5-10;1-3-4-5-2/h2-5H,1H3;3-4H2,1-2H3. The van der Waals surface area contributed by atoms with Crippen LogP contribution in [0.5, 0.6) is 0 Å². The Labute approximate surface area is 90.1 Å². The fraction of sp³-hybridized carbons (Fsp3) is 0.417. The number of halogens is 1. The number of carbonyl (C=O) groups excluding carboxylic acids is 1. The van der Waals surface area contributed by atoms with Crippen LogP contribution in [-0.2, 0) is 4.74 Å². The second-order valence-electron chi connectivity index (χ2n) is 3.11. The van der Waals surface area contributed by atoms with E-state index in [2.05, 4.69) is 6.92 Å². The zero-order valence-electron chi connectivity index (χ0n) is 9.42. The predicted octanol–water partition coefficient (Wildman–Crippen LogP) is 2.99. The normalized spacial score (nSPS) is 9.07. The highest BCUT2D eigenvalue weighted by Gasteiger charge is 1.96. The van der Waals surface area contributed by atoms with Gasteiger partial charge in [-0.2, -0.15) is 0 Å². The lowest BCUT2D eigenvalue weighted by Gasteiger charge is -1.95. The lowest BCUT2D eigenvalue weighted by molar-refractivity contribution is 0.112. The molecule has 0 aliphatic heterocycles. The molecule has 0 aromatic heterocycles. The first-order chi connectivity index (χ1) is 7.15. The van der Waals surface area contributed by atoms with Crippen LogP contribution in [0.4, 0.5) is 4.39 Å². The molecule has 15 heavy (non-hydrogen) atoms. The van der Waals surface area contributed by atoms with Crippen molar-refractivity contribution in [2.24, 2.45) is 0 Å². The van der Waals surface area contributed by atoms with Gasteiger partial charge in [0.05, 0.1) is 0 Å². The lowest BCUT2D eigenvalue weighted by atomic mass is 10.1. The van der Waals surface area contributed by atoms with E-state index in [-0.39, 0.29) is 5.82 Å². The van der Waals surface area contributed by atoms with Crippen molar-refractivity contribution in [2.75, 3.05) is 13.7 Å². The number of aryl methyl sites for hydroxylation is 1. The Morgan fingerprint density at radius 1 is 1.47 bits per heavy atom. The van der Waals surface area contributed by atoms with Crippen LogP contribution < -0.4 is 0 Å². The number of rotatable bonds is 3. The molecule has 0 spiro atoms. The molecule has 2 nitrogen and oxygen atoms in total. The third-order valence-electron chi connectivity index (χ3n) is 1.77. The average molecular weight is 212 g/mol. The van der Waals surface area contributed by atoms with Gasteiger partial charge >= 0.3 is 0 Å². The Kier molecular flexibility index (Phi) is 7.46. The van der Waals surface area contributed by atoms with Gasteiger partial charge in [-0.15, -0.1) is 0 Å². The van der Waals surface area contributed by atoms with Crippen LogP contribution in [0.25, 0.3) is 0 Å². The summed E-state index contributed by atoms with van der Waals surface area (Å²) in [7, 11) is 1.71. The van der Waals surface area contributed by atoms with E-state index in [4.69, 9.17) is 4.74 Å². The summed E-state index contributed by atoms with van der Waals surface area (Å²) < 4.78 is 17.1. The first-order valence-electron chi connectivity index (χ1n) is 4.86. The van der Waals surface area contributed by atoms with Crippen molar-refractivity contribution in [3.63, 3.8) is 0 Å². The summed E-state index contributed by atoms with van der Waals surface area (Å²) in [4.78, 5) is 10.2. The SMILES string of the molecule is CCCOC.Cc1cc(F)ccc1C=O. The number of hydrogen-bond acceptors (Lipinski definition) is 2. The molecule has 1 rings (SSSR count). The van der Waals surface area contributed by atoms with Crippen LogP contribution in [0.1, 0.15) is 29.3 Å². The van der Waals surface area contributed by atoms with Crippen LogP contribution in [0.2, 0.25) is 0 Å². The molecule has 0 heterocycles. The van der Waals surface area contributed by atoms with Gasteiger partial charge in [-0.3, -0.25) is 4.79 Å². The fourth-order valence-corrected chi connectivity index (χ4v) is 0.975. The molecule has 0 saturated heterocycles. The highest BCUT2D eigenvalue weighted by Crippen LogP contribution is 2.06. The van der Waals surface area contributed by atoms with Crippen LogP contribution in [-0.4, -0.2) is 20.0 Å². The minimum atomic E-state index is -0.303. The van der Waals surface area contributed by atoms with Crippen molar-refractivity contribution < 1.29 is 13.9 Å². The number of aldehydes is 1. The van der Waals surface area contributed by atoms with Crippen LogP contribution in [0, 0.1) is 12.7 Å². The summed E-state index contributed by atoms with van der Waals surface area (Å²) in [6.45, 7) is 4.68. The number of hydrogen-bond donors (Lipinski definition) is 0. The zero-order chi connectivity index (χ0) is 11.7. The Hall–Kier alpha value is -1.22. The molecule has 0 fully saturated rings. The van der Waals surface area contributed by atoms with Crippen molar-refractivity contribution in [1.82, 2.24) is 0 Å². The van der Waals surface area contributed by atoms with Gasteiger partial charge in [-0.25, -0.2) is 4.39 Å². The highest BCUT2D eigenvalue weighted by atomic mass is 19.1. The third kappa shape index (κ3) is 5.96. The van der Waals surface area contributed by atoms with Gasteiger partial charge in [0, 0.05) is 19.3 Å². The number of ether oxygens (including phenoxy) is 1. The summed E-state index contributed by atoms with van der Waals surface area (Å²) >= 11 is 0. The largest absolute Gasteiger partial charge is 0.385 e.